The summed E-state index contributed by atoms with van der Waals surface area (Å²) < 4.78 is 5.97. The van der Waals surface area contributed by atoms with Crippen LogP contribution >= 0.6 is 23.5 Å². The van der Waals surface area contributed by atoms with Gasteiger partial charge in [-0.2, -0.15) is 10.5 Å². The van der Waals surface area contributed by atoms with Gasteiger partial charge in [-0.3, -0.25) is 0 Å². The van der Waals surface area contributed by atoms with E-state index in [1.807, 2.05) is 27.7 Å². The van der Waals surface area contributed by atoms with Crippen molar-refractivity contribution in [2.24, 2.45) is 0 Å². The summed E-state index contributed by atoms with van der Waals surface area (Å²) in [5.74, 6) is 0. The molecule has 5 nitrogen and oxygen atoms in total. The fraction of sp³-hybridized carbons (Fsp3) is 0.500. The van der Waals surface area contributed by atoms with Crippen LogP contribution in [0.1, 0.15) is 34.1 Å². The van der Waals surface area contributed by atoms with Crippen LogP contribution in [0.15, 0.2) is 34.6 Å². The minimum Gasteiger partial charge on any atom is -0.350 e. The Balaban J connectivity index is 2.48. The molecule has 1 atom stereocenters. The largest absolute Gasteiger partial charge is 0.350 e. The molecular formula is C16H18N4OS2. The molecule has 120 valence electrons. The molecule has 1 aromatic heterocycles. The highest BCUT2D eigenvalue weighted by Crippen LogP contribution is 2.59. The highest BCUT2D eigenvalue weighted by molar-refractivity contribution is 8.07. The Kier molecular flexibility index (Phi) is 5.05. The van der Waals surface area contributed by atoms with Gasteiger partial charge in [0, 0.05) is 23.4 Å². The molecule has 1 saturated heterocycles. The quantitative estimate of drug-likeness (QED) is 0.606. The summed E-state index contributed by atoms with van der Waals surface area (Å²) in [5.41, 5.74) is -0.658. The predicted octanol–water partition coefficient (Wildman–Crippen LogP) is 3.91. The van der Waals surface area contributed by atoms with Gasteiger partial charge >= 0.3 is 0 Å². The predicted molar refractivity (Wildman–Crippen MR) is 91.4 cm³/mol. The lowest BCUT2D eigenvalue weighted by Gasteiger charge is -2.53. The maximum absolute atomic E-state index is 9.37. The van der Waals surface area contributed by atoms with Crippen molar-refractivity contribution in [3.8, 4) is 12.1 Å². The van der Waals surface area contributed by atoms with Crippen molar-refractivity contribution in [3.05, 3.63) is 29.4 Å². The molecule has 1 aromatic rings. The minimum absolute atomic E-state index is 0.194. The van der Waals surface area contributed by atoms with Gasteiger partial charge in [-0.25, -0.2) is 9.97 Å². The van der Waals surface area contributed by atoms with E-state index >= 15 is 0 Å². The third kappa shape index (κ3) is 3.53. The van der Waals surface area contributed by atoms with Gasteiger partial charge in [-0.05, 0) is 45.5 Å². The zero-order valence-corrected chi connectivity index (χ0v) is 15.2. The molecule has 0 aromatic carbocycles. The van der Waals surface area contributed by atoms with E-state index < -0.39 is 15.3 Å². The van der Waals surface area contributed by atoms with Crippen molar-refractivity contribution < 1.29 is 4.74 Å². The first-order chi connectivity index (χ1) is 10.8. The molecule has 0 saturated carbocycles. The van der Waals surface area contributed by atoms with Crippen LogP contribution in [0.2, 0.25) is 0 Å². The van der Waals surface area contributed by atoms with Crippen LogP contribution in [0.25, 0.3) is 0 Å². The molecule has 0 radical (unpaired) electrons. The third-order valence-electron chi connectivity index (χ3n) is 3.60. The maximum atomic E-state index is 9.37. The number of nitrogens with zero attached hydrogens (tertiary/aromatic N) is 4. The van der Waals surface area contributed by atoms with E-state index in [4.69, 9.17) is 10.00 Å². The standard InChI is InChI=1S/C16H18N4OS2/c1-14(2)12(6-8-17)22-15(3,4)16(21-14,7-9-18)23-13-19-10-5-11-20-13/h5-6,10-11H,7H2,1-4H3/b12-6-/t16-/m1/s1. The Morgan fingerprint density at radius 3 is 2.48 bits per heavy atom. The number of thioether (sulfide) groups is 2. The van der Waals surface area contributed by atoms with E-state index in [1.165, 1.54) is 17.8 Å². The molecule has 0 aliphatic carbocycles. The highest BCUT2D eigenvalue weighted by atomic mass is 32.2. The molecule has 1 aliphatic heterocycles. The topological polar surface area (TPSA) is 82.6 Å². The summed E-state index contributed by atoms with van der Waals surface area (Å²) in [4.78, 5) is 8.55. The van der Waals surface area contributed by atoms with Gasteiger partial charge in [0.1, 0.15) is 4.93 Å². The van der Waals surface area contributed by atoms with Gasteiger partial charge in [0.2, 0.25) is 0 Å². The second-order valence-corrected chi connectivity index (χ2v) is 8.98. The van der Waals surface area contributed by atoms with Crippen LogP contribution in [0.5, 0.6) is 0 Å². The van der Waals surface area contributed by atoms with Crippen molar-refractivity contribution >= 4 is 23.5 Å². The van der Waals surface area contributed by atoms with Crippen LogP contribution in [0, 0.1) is 22.7 Å². The molecule has 0 N–H and O–H groups in total. The van der Waals surface area contributed by atoms with Gasteiger partial charge in [-0.15, -0.1) is 11.8 Å². The Morgan fingerprint density at radius 1 is 1.26 bits per heavy atom. The molecule has 23 heavy (non-hydrogen) atoms. The lowest BCUT2D eigenvalue weighted by atomic mass is 9.99. The summed E-state index contributed by atoms with van der Waals surface area (Å²) in [6.45, 7) is 7.87. The van der Waals surface area contributed by atoms with Gasteiger partial charge < -0.3 is 4.74 Å². The summed E-state index contributed by atoms with van der Waals surface area (Å²) in [7, 11) is 0. The lowest BCUT2D eigenvalue weighted by molar-refractivity contribution is -0.0831. The van der Waals surface area contributed by atoms with E-state index in [0.29, 0.717) is 5.16 Å². The van der Waals surface area contributed by atoms with Crippen molar-refractivity contribution in [2.75, 3.05) is 0 Å². The zero-order valence-electron chi connectivity index (χ0n) is 13.5. The summed E-state index contributed by atoms with van der Waals surface area (Å²) in [6.07, 6.45) is 5.06. The monoisotopic (exact) mass is 346 g/mol. The highest BCUT2D eigenvalue weighted by Gasteiger charge is 2.57. The number of allylic oxidation sites excluding steroid dienone is 1. The van der Waals surface area contributed by atoms with E-state index in [0.717, 1.165) is 4.91 Å². The van der Waals surface area contributed by atoms with Crippen molar-refractivity contribution in [3.63, 3.8) is 0 Å². The Labute approximate surface area is 145 Å². The van der Waals surface area contributed by atoms with Crippen LogP contribution in [-0.2, 0) is 4.74 Å². The number of ether oxygens (including phenoxy) is 1. The lowest BCUT2D eigenvalue weighted by Crippen LogP contribution is -2.56. The summed E-state index contributed by atoms with van der Waals surface area (Å²) in [6, 6.07) is 6.07. The summed E-state index contributed by atoms with van der Waals surface area (Å²) in [5, 5.41) is 19.0. The first-order valence-electron chi connectivity index (χ1n) is 7.09. The molecular weight excluding hydrogens is 328 g/mol. The molecule has 2 heterocycles. The van der Waals surface area contributed by atoms with E-state index in [9.17, 15) is 5.26 Å². The second-order valence-electron chi connectivity index (χ2n) is 6.08. The number of aromatic nitrogens is 2. The normalized spacial score (nSPS) is 27.1. The van der Waals surface area contributed by atoms with Gasteiger partial charge in [0.15, 0.2) is 5.16 Å². The number of hydrogen-bond acceptors (Lipinski definition) is 7. The van der Waals surface area contributed by atoms with Crippen LogP contribution in [0.4, 0.5) is 0 Å². The fourth-order valence-electron chi connectivity index (χ4n) is 2.34. The number of nitriles is 2. The first-order valence-corrected chi connectivity index (χ1v) is 8.72. The second kappa shape index (κ2) is 6.52. The molecule has 0 spiro atoms. The van der Waals surface area contributed by atoms with Crippen molar-refractivity contribution in [1.82, 2.24) is 9.97 Å². The molecule has 0 bridgehead atoms. The van der Waals surface area contributed by atoms with Gasteiger partial charge in [0.25, 0.3) is 0 Å². The molecule has 7 heteroatoms. The van der Waals surface area contributed by atoms with Crippen LogP contribution in [-0.4, -0.2) is 25.2 Å². The molecule has 0 amide bonds. The van der Waals surface area contributed by atoms with Gasteiger partial charge in [0.05, 0.1) is 28.9 Å². The maximum Gasteiger partial charge on any atom is 0.190 e. The average Bonchev–Trinajstić information content (AvgIpc) is 2.46. The van der Waals surface area contributed by atoms with E-state index in [-0.39, 0.29) is 6.42 Å². The molecule has 1 fully saturated rings. The van der Waals surface area contributed by atoms with Crippen LogP contribution in [0.3, 0.4) is 0 Å². The van der Waals surface area contributed by atoms with Crippen LogP contribution < -0.4 is 0 Å². The van der Waals surface area contributed by atoms with Gasteiger partial charge in [-0.1, -0.05) is 0 Å². The average molecular weight is 346 g/mol. The SMILES string of the molecule is CC1(C)O[C@](CC#N)(Sc2ncccn2)C(C)(C)S/C1=C\C#N. The number of hydrogen-bond donors (Lipinski definition) is 0. The van der Waals surface area contributed by atoms with Crippen molar-refractivity contribution in [2.45, 2.75) is 54.6 Å². The van der Waals surface area contributed by atoms with E-state index in [1.54, 1.807) is 30.2 Å². The smallest absolute Gasteiger partial charge is 0.190 e. The first kappa shape index (κ1) is 17.8. The summed E-state index contributed by atoms with van der Waals surface area (Å²) >= 11 is 2.94. The number of rotatable bonds is 3. The Hall–Kier alpha value is -1.54. The molecule has 1 aliphatic rings. The third-order valence-corrected chi connectivity index (χ3v) is 6.86. The fourth-order valence-corrected chi connectivity index (χ4v) is 4.96. The zero-order chi connectivity index (χ0) is 17.1. The Bertz CT molecular complexity index is 688. The van der Waals surface area contributed by atoms with E-state index in [2.05, 4.69) is 22.1 Å². The minimum atomic E-state index is -0.815. The molecule has 0 unspecified atom stereocenters. The van der Waals surface area contributed by atoms with Crippen molar-refractivity contribution in [1.29, 1.82) is 10.5 Å². The molecule has 2 rings (SSSR count). The Morgan fingerprint density at radius 2 is 1.91 bits per heavy atom.